The average molecular weight is 328 g/mol. The number of ether oxygens (including phenoxy) is 1. The molecule has 22 heavy (non-hydrogen) atoms. The summed E-state index contributed by atoms with van der Waals surface area (Å²) in [5.74, 6) is 0. The third kappa shape index (κ3) is 5.65. The summed E-state index contributed by atoms with van der Waals surface area (Å²) in [6.07, 6.45) is -0.859. The van der Waals surface area contributed by atoms with E-state index in [4.69, 9.17) is 4.74 Å². The van der Waals surface area contributed by atoms with Gasteiger partial charge in [-0.1, -0.05) is 32.9 Å². The molecule has 0 aliphatic carbocycles. The van der Waals surface area contributed by atoms with Crippen LogP contribution in [0.5, 0.6) is 0 Å². The molecule has 0 heterocycles. The molecule has 0 aliphatic rings. The van der Waals surface area contributed by atoms with Gasteiger partial charge in [-0.05, 0) is 43.9 Å². The maximum Gasteiger partial charge on any atom is 0.423 e. The largest absolute Gasteiger partial charge is 0.443 e. The lowest BCUT2D eigenvalue weighted by Crippen LogP contribution is -2.44. The maximum atomic E-state index is 12.1. The second-order valence-electron chi connectivity index (χ2n) is 7.01. The van der Waals surface area contributed by atoms with Gasteiger partial charge in [0.15, 0.2) is 0 Å². The molecule has 1 aromatic carbocycles. The first-order valence-corrected chi connectivity index (χ1v) is 8.41. The van der Waals surface area contributed by atoms with Gasteiger partial charge < -0.3 is 4.74 Å². The van der Waals surface area contributed by atoms with Crippen molar-refractivity contribution in [2.75, 3.05) is 0 Å². The van der Waals surface area contributed by atoms with E-state index in [9.17, 15) is 13.2 Å². The van der Waals surface area contributed by atoms with E-state index in [-0.39, 0.29) is 10.3 Å². The smallest absolute Gasteiger partial charge is 0.423 e. The maximum absolute atomic E-state index is 12.1. The average Bonchev–Trinajstić information content (AvgIpc) is 2.34. The van der Waals surface area contributed by atoms with Crippen LogP contribution in [-0.2, 0) is 20.2 Å². The van der Waals surface area contributed by atoms with Crippen LogP contribution in [0.1, 0.15) is 47.1 Å². The van der Waals surface area contributed by atoms with E-state index in [2.05, 4.69) is 0 Å². The Kier molecular flexibility index (Phi) is 5.25. The van der Waals surface area contributed by atoms with Crippen LogP contribution in [0.25, 0.3) is 0 Å². The Morgan fingerprint density at radius 2 is 1.50 bits per heavy atom. The van der Waals surface area contributed by atoms with Crippen LogP contribution >= 0.6 is 0 Å². The first kappa shape index (κ1) is 18.4. The van der Waals surface area contributed by atoms with Crippen LogP contribution in [0, 0.1) is 0 Å². The summed E-state index contributed by atoms with van der Waals surface area (Å²) in [5, 5.41) is 0. The summed E-state index contributed by atoms with van der Waals surface area (Å²) in [6.45, 7) is 11.2. The van der Waals surface area contributed by atoms with E-state index in [0.717, 1.165) is 5.56 Å². The minimum absolute atomic E-state index is 0.0650. The van der Waals surface area contributed by atoms with Gasteiger partial charge in [0.25, 0.3) is 10.0 Å². The van der Waals surface area contributed by atoms with Crippen molar-refractivity contribution in [3.8, 4) is 0 Å². The number of nitrogens with one attached hydrogen (secondary N) is 2. The van der Waals surface area contributed by atoms with Crippen LogP contribution in [0.15, 0.2) is 29.2 Å². The van der Waals surface area contributed by atoms with Crippen molar-refractivity contribution in [2.24, 2.45) is 0 Å². The van der Waals surface area contributed by atoms with E-state index in [0.29, 0.717) is 0 Å². The predicted octanol–water partition coefficient (Wildman–Crippen LogP) is 2.70. The molecule has 0 unspecified atom stereocenters. The summed E-state index contributed by atoms with van der Waals surface area (Å²) in [6, 6.07) is 6.50. The highest BCUT2D eigenvalue weighted by Crippen LogP contribution is 2.23. The minimum Gasteiger partial charge on any atom is -0.443 e. The highest BCUT2D eigenvalue weighted by atomic mass is 32.2. The van der Waals surface area contributed by atoms with Gasteiger partial charge in [-0.3, -0.25) is 0 Å². The van der Waals surface area contributed by atoms with Gasteiger partial charge in [-0.15, -0.1) is 4.83 Å². The molecule has 1 rings (SSSR count). The molecule has 0 radical (unpaired) electrons. The Morgan fingerprint density at radius 1 is 1.00 bits per heavy atom. The molecule has 7 heteroatoms. The molecule has 2 N–H and O–H groups in total. The summed E-state index contributed by atoms with van der Waals surface area (Å²) in [7, 11) is -3.84. The highest BCUT2D eigenvalue weighted by Gasteiger charge is 2.20. The molecule has 0 fully saturated rings. The van der Waals surface area contributed by atoms with Crippen molar-refractivity contribution in [3.63, 3.8) is 0 Å². The zero-order valence-electron chi connectivity index (χ0n) is 13.9. The van der Waals surface area contributed by atoms with Crippen molar-refractivity contribution in [1.29, 1.82) is 0 Å². The highest BCUT2D eigenvalue weighted by molar-refractivity contribution is 7.89. The molecule has 6 nitrogen and oxygen atoms in total. The lowest BCUT2D eigenvalue weighted by Gasteiger charge is -2.20. The summed E-state index contributed by atoms with van der Waals surface area (Å²) in [4.78, 5) is 13.5. The molecule has 0 aliphatic heterocycles. The molecular weight excluding hydrogens is 304 g/mol. The normalized spacial score (nSPS) is 12.8. The van der Waals surface area contributed by atoms with E-state index in [1.807, 2.05) is 31.0 Å². The molecule has 124 valence electrons. The standard InChI is InChI=1S/C15H24N2O4S/c1-14(2,3)11-7-9-12(10-8-11)22(19,20)17-16-13(18)21-15(4,5)6/h7-10,17H,1-6H3,(H,16,18). The monoisotopic (exact) mass is 328 g/mol. The molecule has 0 aromatic heterocycles. The van der Waals surface area contributed by atoms with Crippen molar-refractivity contribution >= 4 is 16.1 Å². The molecule has 1 amide bonds. The molecule has 0 atom stereocenters. The number of carbonyl (C=O) groups excluding carboxylic acids is 1. The number of sulfonamides is 1. The van der Waals surface area contributed by atoms with Crippen molar-refractivity contribution in [1.82, 2.24) is 10.3 Å². The number of rotatable bonds is 3. The number of amides is 1. The predicted molar refractivity (Wildman–Crippen MR) is 84.8 cm³/mol. The molecule has 0 bridgehead atoms. The van der Waals surface area contributed by atoms with Crippen LogP contribution < -0.4 is 10.3 Å². The van der Waals surface area contributed by atoms with Gasteiger partial charge in [0.1, 0.15) is 5.60 Å². The number of hydrazine groups is 1. The van der Waals surface area contributed by atoms with Gasteiger partial charge >= 0.3 is 6.09 Å². The fraction of sp³-hybridized carbons (Fsp3) is 0.533. The van der Waals surface area contributed by atoms with E-state index < -0.39 is 21.7 Å². The van der Waals surface area contributed by atoms with Gasteiger partial charge in [0.05, 0.1) is 4.90 Å². The van der Waals surface area contributed by atoms with Gasteiger partial charge in [-0.25, -0.2) is 18.6 Å². The molecule has 0 saturated carbocycles. The summed E-state index contributed by atoms with van der Waals surface area (Å²) >= 11 is 0. The number of hydrogen-bond acceptors (Lipinski definition) is 4. The Bertz CT molecular complexity index is 623. The minimum atomic E-state index is -3.84. The SMILES string of the molecule is CC(C)(C)OC(=O)NNS(=O)(=O)c1ccc(C(C)(C)C)cc1. The first-order chi connectivity index (χ1) is 9.81. The van der Waals surface area contributed by atoms with Crippen LogP contribution in [0.4, 0.5) is 4.79 Å². The zero-order valence-corrected chi connectivity index (χ0v) is 14.7. The quantitative estimate of drug-likeness (QED) is 0.836. The van der Waals surface area contributed by atoms with Crippen molar-refractivity contribution < 1.29 is 17.9 Å². The van der Waals surface area contributed by atoms with E-state index in [1.165, 1.54) is 12.1 Å². The number of carbonyl (C=O) groups is 1. The Hall–Kier alpha value is -1.60. The number of benzene rings is 1. The van der Waals surface area contributed by atoms with Crippen molar-refractivity contribution in [3.05, 3.63) is 29.8 Å². The van der Waals surface area contributed by atoms with E-state index >= 15 is 0 Å². The van der Waals surface area contributed by atoms with Crippen LogP contribution in [0.2, 0.25) is 0 Å². The second-order valence-corrected chi connectivity index (χ2v) is 8.69. The lowest BCUT2D eigenvalue weighted by molar-refractivity contribution is 0.0515. The van der Waals surface area contributed by atoms with Gasteiger partial charge in [0, 0.05) is 0 Å². The fourth-order valence-electron chi connectivity index (χ4n) is 1.61. The Labute approximate surface area is 132 Å². The third-order valence-electron chi connectivity index (χ3n) is 2.72. The number of hydrogen-bond donors (Lipinski definition) is 2. The third-order valence-corrected chi connectivity index (χ3v) is 3.98. The Morgan fingerprint density at radius 3 is 1.91 bits per heavy atom. The topological polar surface area (TPSA) is 84.5 Å². The Balaban J connectivity index is 2.77. The molecule has 1 aromatic rings. The summed E-state index contributed by atoms with van der Waals surface area (Å²) < 4.78 is 29.1. The van der Waals surface area contributed by atoms with Crippen LogP contribution in [-0.4, -0.2) is 20.1 Å². The molecule has 0 saturated heterocycles. The fourth-order valence-corrected chi connectivity index (χ4v) is 2.44. The molecular formula is C15H24N2O4S. The van der Waals surface area contributed by atoms with Gasteiger partial charge in [0.2, 0.25) is 0 Å². The van der Waals surface area contributed by atoms with Gasteiger partial charge in [-0.2, -0.15) is 0 Å². The second kappa shape index (κ2) is 6.26. The summed E-state index contributed by atoms with van der Waals surface area (Å²) in [5.41, 5.74) is 2.27. The van der Waals surface area contributed by atoms with Crippen molar-refractivity contribution in [2.45, 2.75) is 57.5 Å². The zero-order chi connectivity index (χ0) is 17.2. The first-order valence-electron chi connectivity index (χ1n) is 6.93. The van der Waals surface area contributed by atoms with Crippen LogP contribution in [0.3, 0.4) is 0 Å². The van der Waals surface area contributed by atoms with E-state index in [1.54, 1.807) is 32.9 Å². The lowest BCUT2D eigenvalue weighted by atomic mass is 9.87. The molecule has 0 spiro atoms.